The Labute approximate surface area is 89.4 Å². The van der Waals surface area contributed by atoms with Crippen molar-refractivity contribution in [2.75, 3.05) is 13.7 Å². The molecule has 1 N–H and O–H groups in total. The Kier molecular flexibility index (Phi) is 3.02. The van der Waals surface area contributed by atoms with Crippen LogP contribution < -0.4 is 10.1 Å². The SMILES string of the molecule is COc1ccc2c(c1)CCCNC2C=O. The molecule has 15 heavy (non-hydrogen) atoms. The van der Waals surface area contributed by atoms with Gasteiger partial charge < -0.3 is 14.8 Å². The molecule has 1 atom stereocenters. The Bertz CT molecular complexity index is 363. The zero-order valence-corrected chi connectivity index (χ0v) is 8.82. The predicted molar refractivity (Wildman–Crippen MR) is 58.1 cm³/mol. The van der Waals surface area contributed by atoms with Crippen LogP contribution in [0.1, 0.15) is 23.6 Å². The first-order valence-electron chi connectivity index (χ1n) is 5.20. The lowest BCUT2D eigenvalue weighted by Gasteiger charge is -2.13. The first-order chi connectivity index (χ1) is 7.35. The van der Waals surface area contributed by atoms with Crippen LogP contribution in [-0.4, -0.2) is 19.9 Å². The van der Waals surface area contributed by atoms with Gasteiger partial charge in [-0.3, -0.25) is 0 Å². The Balaban J connectivity index is 2.40. The number of nitrogens with one attached hydrogen (secondary N) is 1. The molecule has 1 aliphatic rings. The fourth-order valence-electron chi connectivity index (χ4n) is 2.00. The van der Waals surface area contributed by atoms with Gasteiger partial charge in [0.1, 0.15) is 12.0 Å². The first-order valence-corrected chi connectivity index (χ1v) is 5.20. The van der Waals surface area contributed by atoms with Gasteiger partial charge in [-0.15, -0.1) is 0 Å². The van der Waals surface area contributed by atoms with Crippen molar-refractivity contribution < 1.29 is 9.53 Å². The lowest BCUT2D eigenvalue weighted by molar-refractivity contribution is -0.109. The second kappa shape index (κ2) is 4.45. The summed E-state index contributed by atoms with van der Waals surface area (Å²) in [6.07, 6.45) is 3.03. The van der Waals surface area contributed by atoms with Gasteiger partial charge in [0.15, 0.2) is 0 Å². The molecule has 1 heterocycles. The summed E-state index contributed by atoms with van der Waals surface area (Å²) in [5.74, 6) is 0.861. The van der Waals surface area contributed by atoms with Gasteiger partial charge in [0, 0.05) is 0 Å². The molecule has 1 aliphatic heterocycles. The van der Waals surface area contributed by atoms with E-state index < -0.39 is 0 Å². The molecular formula is C12H15NO2. The number of fused-ring (bicyclic) bond motifs is 1. The molecule has 0 fully saturated rings. The van der Waals surface area contributed by atoms with E-state index >= 15 is 0 Å². The van der Waals surface area contributed by atoms with Gasteiger partial charge in [-0.05, 0) is 42.6 Å². The van der Waals surface area contributed by atoms with E-state index in [0.717, 1.165) is 37.0 Å². The van der Waals surface area contributed by atoms with Crippen molar-refractivity contribution >= 4 is 6.29 Å². The minimum Gasteiger partial charge on any atom is -0.497 e. The molecule has 2 rings (SSSR count). The van der Waals surface area contributed by atoms with Crippen LogP contribution >= 0.6 is 0 Å². The van der Waals surface area contributed by atoms with Crippen LogP contribution in [0.5, 0.6) is 5.75 Å². The Hall–Kier alpha value is -1.35. The van der Waals surface area contributed by atoms with Crippen molar-refractivity contribution in [2.24, 2.45) is 0 Å². The maximum Gasteiger partial charge on any atom is 0.141 e. The van der Waals surface area contributed by atoms with E-state index in [9.17, 15) is 4.79 Å². The molecular weight excluding hydrogens is 190 g/mol. The van der Waals surface area contributed by atoms with Gasteiger partial charge in [0.2, 0.25) is 0 Å². The van der Waals surface area contributed by atoms with Crippen molar-refractivity contribution in [2.45, 2.75) is 18.9 Å². The Morgan fingerprint density at radius 2 is 2.40 bits per heavy atom. The molecule has 0 amide bonds. The summed E-state index contributed by atoms with van der Waals surface area (Å²) in [6.45, 7) is 0.889. The van der Waals surface area contributed by atoms with Crippen LogP contribution in [0.15, 0.2) is 18.2 Å². The van der Waals surface area contributed by atoms with Crippen LogP contribution in [0, 0.1) is 0 Å². The molecule has 0 saturated heterocycles. The molecule has 3 heteroatoms. The topological polar surface area (TPSA) is 38.3 Å². The van der Waals surface area contributed by atoms with Crippen LogP contribution in [0.4, 0.5) is 0 Å². The van der Waals surface area contributed by atoms with Crippen molar-refractivity contribution in [3.8, 4) is 5.75 Å². The number of methoxy groups -OCH3 is 1. The van der Waals surface area contributed by atoms with Gasteiger partial charge in [0.05, 0.1) is 13.2 Å². The monoisotopic (exact) mass is 205 g/mol. The van der Waals surface area contributed by atoms with Crippen LogP contribution in [-0.2, 0) is 11.2 Å². The molecule has 80 valence electrons. The van der Waals surface area contributed by atoms with Crippen LogP contribution in [0.3, 0.4) is 0 Å². The predicted octanol–water partition coefficient (Wildman–Crippen LogP) is 1.47. The average Bonchev–Trinajstić information content (AvgIpc) is 2.49. The van der Waals surface area contributed by atoms with Gasteiger partial charge >= 0.3 is 0 Å². The van der Waals surface area contributed by atoms with E-state index in [-0.39, 0.29) is 6.04 Å². The highest BCUT2D eigenvalue weighted by molar-refractivity contribution is 5.63. The van der Waals surface area contributed by atoms with E-state index in [4.69, 9.17) is 4.74 Å². The van der Waals surface area contributed by atoms with Crippen molar-refractivity contribution in [3.63, 3.8) is 0 Å². The summed E-state index contributed by atoms with van der Waals surface area (Å²) in [7, 11) is 1.66. The third-order valence-electron chi connectivity index (χ3n) is 2.81. The highest BCUT2D eigenvalue weighted by Crippen LogP contribution is 2.25. The number of aldehydes is 1. The van der Waals surface area contributed by atoms with Crippen molar-refractivity contribution in [1.82, 2.24) is 5.32 Å². The largest absolute Gasteiger partial charge is 0.497 e. The van der Waals surface area contributed by atoms with Crippen LogP contribution in [0.25, 0.3) is 0 Å². The molecule has 0 bridgehead atoms. The summed E-state index contributed by atoms with van der Waals surface area (Å²) in [5, 5.41) is 3.22. The van der Waals surface area contributed by atoms with E-state index in [1.54, 1.807) is 7.11 Å². The van der Waals surface area contributed by atoms with Crippen molar-refractivity contribution in [1.29, 1.82) is 0 Å². The molecule has 1 aromatic carbocycles. The lowest BCUT2D eigenvalue weighted by Crippen LogP contribution is -2.21. The summed E-state index contributed by atoms with van der Waals surface area (Å²) >= 11 is 0. The number of hydrogen-bond acceptors (Lipinski definition) is 3. The highest BCUT2D eigenvalue weighted by Gasteiger charge is 2.17. The zero-order chi connectivity index (χ0) is 10.7. The molecule has 0 aromatic heterocycles. The summed E-state index contributed by atoms with van der Waals surface area (Å²) in [6, 6.07) is 5.75. The maximum absolute atomic E-state index is 10.9. The molecule has 0 aliphatic carbocycles. The second-order valence-electron chi connectivity index (χ2n) is 3.74. The number of aryl methyl sites for hydroxylation is 1. The number of carbonyl (C=O) groups excluding carboxylic acids is 1. The highest BCUT2D eigenvalue weighted by atomic mass is 16.5. The van der Waals surface area contributed by atoms with Gasteiger partial charge in [-0.25, -0.2) is 0 Å². The number of carbonyl (C=O) groups is 1. The lowest BCUT2D eigenvalue weighted by atomic mass is 9.99. The molecule has 0 radical (unpaired) electrons. The summed E-state index contributed by atoms with van der Waals surface area (Å²) < 4.78 is 5.18. The zero-order valence-electron chi connectivity index (χ0n) is 8.82. The minimum atomic E-state index is -0.159. The third-order valence-corrected chi connectivity index (χ3v) is 2.81. The summed E-state index contributed by atoms with van der Waals surface area (Å²) in [5.41, 5.74) is 2.31. The smallest absolute Gasteiger partial charge is 0.141 e. The Morgan fingerprint density at radius 1 is 1.53 bits per heavy atom. The standard InChI is InChI=1S/C12H15NO2/c1-15-10-4-5-11-9(7-10)3-2-6-13-12(11)8-14/h4-5,7-8,12-13H,2-3,6H2,1H3. The number of rotatable bonds is 2. The fourth-order valence-corrected chi connectivity index (χ4v) is 2.00. The number of benzene rings is 1. The quantitative estimate of drug-likeness (QED) is 0.743. The molecule has 0 saturated carbocycles. The normalized spacial score (nSPS) is 20.2. The van der Waals surface area contributed by atoms with Crippen LogP contribution in [0.2, 0.25) is 0 Å². The number of hydrogen-bond donors (Lipinski definition) is 1. The Morgan fingerprint density at radius 3 is 3.13 bits per heavy atom. The number of ether oxygens (including phenoxy) is 1. The van der Waals surface area contributed by atoms with Crippen molar-refractivity contribution in [3.05, 3.63) is 29.3 Å². The second-order valence-corrected chi connectivity index (χ2v) is 3.74. The summed E-state index contributed by atoms with van der Waals surface area (Å²) in [4.78, 5) is 10.9. The molecule has 3 nitrogen and oxygen atoms in total. The van der Waals surface area contributed by atoms with E-state index in [2.05, 4.69) is 5.32 Å². The fraction of sp³-hybridized carbons (Fsp3) is 0.417. The molecule has 0 spiro atoms. The van der Waals surface area contributed by atoms with E-state index in [1.807, 2.05) is 18.2 Å². The van der Waals surface area contributed by atoms with Gasteiger partial charge in [-0.2, -0.15) is 0 Å². The van der Waals surface area contributed by atoms with Gasteiger partial charge in [0.25, 0.3) is 0 Å². The first kappa shape index (κ1) is 10.2. The molecule has 1 unspecified atom stereocenters. The molecule has 1 aromatic rings. The van der Waals surface area contributed by atoms with Gasteiger partial charge in [-0.1, -0.05) is 6.07 Å². The maximum atomic E-state index is 10.9. The minimum absolute atomic E-state index is 0.159. The van der Waals surface area contributed by atoms with E-state index in [1.165, 1.54) is 5.56 Å². The third kappa shape index (κ3) is 2.02. The van der Waals surface area contributed by atoms with E-state index in [0.29, 0.717) is 0 Å². The average molecular weight is 205 g/mol.